The molecule has 0 radical (unpaired) electrons. The SMILES string of the molecule is Cl.O=S(=O)(NC1CC2CCC(C1)N2)c1cc2c(cc1Cl)OCCO2. The molecule has 2 unspecified atom stereocenters. The van der Waals surface area contributed by atoms with E-state index >= 15 is 0 Å². The Labute approximate surface area is 152 Å². The molecule has 134 valence electrons. The molecule has 2 atom stereocenters. The molecule has 3 aliphatic heterocycles. The number of halogens is 2. The van der Waals surface area contributed by atoms with Gasteiger partial charge in [-0.05, 0) is 25.7 Å². The summed E-state index contributed by atoms with van der Waals surface area (Å²) in [6.45, 7) is 0.838. The topological polar surface area (TPSA) is 76.7 Å². The molecule has 6 nitrogen and oxygen atoms in total. The first-order valence-corrected chi connectivity index (χ1v) is 9.75. The van der Waals surface area contributed by atoms with Crippen LogP contribution in [0.5, 0.6) is 11.5 Å². The Balaban J connectivity index is 0.00000169. The van der Waals surface area contributed by atoms with Gasteiger partial charge in [-0.25, -0.2) is 13.1 Å². The lowest BCUT2D eigenvalue weighted by Crippen LogP contribution is -2.47. The highest BCUT2D eigenvalue weighted by Crippen LogP contribution is 2.37. The zero-order valence-corrected chi connectivity index (χ0v) is 15.3. The number of hydrogen-bond donors (Lipinski definition) is 2. The maximum atomic E-state index is 12.7. The van der Waals surface area contributed by atoms with Gasteiger partial charge in [0.25, 0.3) is 0 Å². The Morgan fingerprint density at radius 2 is 1.67 bits per heavy atom. The van der Waals surface area contributed by atoms with Gasteiger partial charge in [0, 0.05) is 30.3 Å². The van der Waals surface area contributed by atoms with Gasteiger partial charge in [0.05, 0.1) is 5.02 Å². The summed E-state index contributed by atoms with van der Waals surface area (Å²) in [5, 5.41) is 3.65. The predicted molar refractivity (Wildman–Crippen MR) is 93.0 cm³/mol. The van der Waals surface area contributed by atoms with Crippen LogP contribution in [0.25, 0.3) is 0 Å². The largest absolute Gasteiger partial charge is 0.486 e. The van der Waals surface area contributed by atoms with E-state index in [0.717, 1.165) is 25.7 Å². The summed E-state index contributed by atoms with van der Waals surface area (Å²) in [6, 6.07) is 3.74. The zero-order chi connectivity index (χ0) is 16.0. The predicted octanol–water partition coefficient (Wildman–Crippen LogP) is 2.09. The number of ether oxygens (including phenoxy) is 2. The van der Waals surface area contributed by atoms with Gasteiger partial charge in [0.1, 0.15) is 18.1 Å². The van der Waals surface area contributed by atoms with Gasteiger partial charge < -0.3 is 14.8 Å². The van der Waals surface area contributed by atoms with Gasteiger partial charge in [-0.3, -0.25) is 0 Å². The molecule has 24 heavy (non-hydrogen) atoms. The Hall–Kier alpha value is -0.730. The molecule has 0 aliphatic carbocycles. The van der Waals surface area contributed by atoms with Crippen molar-refractivity contribution in [2.75, 3.05) is 13.2 Å². The van der Waals surface area contributed by atoms with Crippen LogP contribution in [0.1, 0.15) is 25.7 Å². The van der Waals surface area contributed by atoms with Crippen LogP contribution in [0.3, 0.4) is 0 Å². The van der Waals surface area contributed by atoms with Crippen molar-refractivity contribution >= 4 is 34.0 Å². The number of nitrogens with one attached hydrogen (secondary N) is 2. The van der Waals surface area contributed by atoms with Crippen molar-refractivity contribution in [2.24, 2.45) is 0 Å². The van der Waals surface area contributed by atoms with Gasteiger partial charge in [-0.1, -0.05) is 11.6 Å². The molecule has 9 heteroatoms. The summed E-state index contributed by atoms with van der Waals surface area (Å²) in [4.78, 5) is 0.0503. The van der Waals surface area contributed by atoms with E-state index in [-0.39, 0.29) is 28.4 Å². The normalized spacial score (nSPS) is 28.3. The van der Waals surface area contributed by atoms with Crippen LogP contribution in [0, 0.1) is 0 Å². The van der Waals surface area contributed by atoms with Crippen LogP contribution in [0.15, 0.2) is 17.0 Å². The van der Waals surface area contributed by atoms with E-state index < -0.39 is 10.0 Å². The lowest BCUT2D eigenvalue weighted by Gasteiger charge is -2.29. The quantitative estimate of drug-likeness (QED) is 0.820. The first-order chi connectivity index (χ1) is 11.0. The monoisotopic (exact) mass is 394 g/mol. The second-order valence-corrected chi connectivity index (χ2v) is 8.44. The van der Waals surface area contributed by atoms with E-state index in [0.29, 0.717) is 36.8 Å². The standard InChI is InChI=1S/C15H19ClN2O4S.ClH/c16-12-7-13-14(22-4-3-21-13)8-15(12)23(19,20)18-11-5-9-1-2-10(6-11)17-9;/h7-11,17-18H,1-6H2;1H. The molecule has 2 saturated heterocycles. The van der Waals surface area contributed by atoms with E-state index in [1.807, 2.05) is 0 Å². The second-order valence-electron chi connectivity index (χ2n) is 6.35. The summed E-state index contributed by atoms with van der Waals surface area (Å²) in [6.07, 6.45) is 3.87. The maximum absolute atomic E-state index is 12.7. The van der Waals surface area contributed by atoms with Crippen molar-refractivity contribution in [1.29, 1.82) is 0 Å². The number of benzene rings is 1. The van der Waals surface area contributed by atoms with Gasteiger partial charge in [-0.2, -0.15) is 0 Å². The second kappa shape index (κ2) is 6.88. The first kappa shape index (κ1) is 18.1. The van der Waals surface area contributed by atoms with Gasteiger partial charge >= 0.3 is 0 Å². The minimum Gasteiger partial charge on any atom is -0.486 e. The molecule has 4 rings (SSSR count). The van der Waals surface area contributed by atoms with E-state index in [4.69, 9.17) is 21.1 Å². The molecule has 0 aromatic heterocycles. The molecule has 3 aliphatic rings. The van der Waals surface area contributed by atoms with E-state index in [9.17, 15) is 8.42 Å². The summed E-state index contributed by atoms with van der Waals surface area (Å²) in [5.41, 5.74) is 0. The summed E-state index contributed by atoms with van der Waals surface area (Å²) >= 11 is 6.17. The minimum absolute atomic E-state index is 0. The molecule has 3 heterocycles. The molecule has 1 aromatic carbocycles. The van der Waals surface area contributed by atoms with Crippen molar-refractivity contribution in [3.05, 3.63) is 17.2 Å². The summed E-state index contributed by atoms with van der Waals surface area (Å²) in [5.74, 6) is 0.909. The molecule has 0 spiro atoms. The fourth-order valence-electron chi connectivity index (χ4n) is 3.69. The number of piperidine rings is 1. The third-order valence-corrected chi connectivity index (χ3v) is 6.67. The molecule has 0 saturated carbocycles. The van der Waals surface area contributed by atoms with Crippen molar-refractivity contribution in [3.8, 4) is 11.5 Å². The maximum Gasteiger partial charge on any atom is 0.242 e. The minimum atomic E-state index is -3.69. The van der Waals surface area contributed by atoms with Crippen molar-refractivity contribution in [3.63, 3.8) is 0 Å². The highest BCUT2D eigenvalue weighted by molar-refractivity contribution is 7.89. The number of fused-ring (bicyclic) bond motifs is 3. The number of hydrogen-bond acceptors (Lipinski definition) is 5. The average Bonchev–Trinajstić information content (AvgIpc) is 2.85. The molecule has 2 fully saturated rings. The van der Waals surface area contributed by atoms with Crippen LogP contribution in [0.2, 0.25) is 5.02 Å². The van der Waals surface area contributed by atoms with Crippen LogP contribution in [0.4, 0.5) is 0 Å². The smallest absolute Gasteiger partial charge is 0.242 e. The summed E-state index contributed by atoms with van der Waals surface area (Å²) in [7, 11) is -3.69. The molecule has 1 aromatic rings. The van der Waals surface area contributed by atoms with Gasteiger partial charge in [0.15, 0.2) is 11.5 Å². The molecule has 2 N–H and O–H groups in total. The van der Waals surface area contributed by atoms with Crippen molar-refractivity contribution in [2.45, 2.75) is 48.7 Å². The Kier molecular flexibility index (Phi) is 5.18. The Bertz CT molecular complexity index is 716. The molecular formula is C15H20Cl2N2O4S. The fourth-order valence-corrected chi connectivity index (χ4v) is 5.48. The van der Waals surface area contributed by atoms with Crippen LogP contribution in [-0.2, 0) is 10.0 Å². The summed E-state index contributed by atoms with van der Waals surface area (Å²) < 4.78 is 39.2. The third-order valence-electron chi connectivity index (χ3n) is 4.68. The zero-order valence-electron chi connectivity index (χ0n) is 13.0. The van der Waals surface area contributed by atoms with Crippen molar-refractivity contribution < 1.29 is 17.9 Å². The lowest BCUT2D eigenvalue weighted by atomic mass is 10.0. The van der Waals surface area contributed by atoms with Crippen LogP contribution < -0.4 is 19.5 Å². The Morgan fingerprint density at radius 1 is 1.08 bits per heavy atom. The Morgan fingerprint density at radius 3 is 2.29 bits per heavy atom. The van der Waals surface area contributed by atoms with E-state index in [2.05, 4.69) is 10.0 Å². The van der Waals surface area contributed by atoms with E-state index in [1.54, 1.807) is 0 Å². The first-order valence-electron chi connectivity index (χ1n) is 7.89. The van der Waals surface area contributed by atoms with Crippen LogP contribution >= 0.6 is 24.0 Å². The van der Waals surface area contributed by atoms with E-state index in [1.165, 1.54) is 12.1 Å². The molecule has 2 bridgehead atoms. The average molecular weight is 395 g/mol. The van der Waals surface area contributed by atoms with Crippen LogP contribution in [-0.4, -0.2) is 39.8 Å². The lowest BCUT2D eigenvalue weighted by molar-refractivity contribution is 0.171. The highest BCUT2D eigenvalue weighted by atomic mass is 35.5. The van der Waals surface area contributed by atoms with Crippen molar-refractivity contribution in [1.82, 2.24) is 10.0 Å². The number of sulfonamides is 1. The molecule has 0 amide bonds. The van der Waals surface area contributed by atoms with Gasteiger partial charge in [-0.15, -0.1) is 12.4 Å². The fraction of sp³-hybridized carbons (Fsp3) is 0.600. The molecular weight excluding hydrogens is 375 g/mol. The number of rotatable bonds is 3. The van der Waals surface area contributed by atoms with Gasteiger partial charge in [0.2, 0.25) is 10.0 Å². The highest BCUT2D eigenvalue weighted by Gasteiger charge is 2.36. The third kappa shape index (κ3) is 3.46.